The second-order valence-corrected chi connectivity index (χ2v) is 7.93. The number of furan rings is 1. The van der Waals surface area contributed by atoms with Crippen molar-refractivity contribution >= 4 is 63.5 Å². The first-order chi connectivity index (χ1) is 9.33. The Morgan fingerprint density at radius 3 is 2.50 bits per heavy atom. The Labute approximate surface area is 141 Å². The van der Waals surface area contributed by atoms with Crippen molar-refractivity contribution in [2.75, 3.05) is 4.72 Å². The lowest BCUT2D eigenvalue weighted by molar-refractivity contribution is 0.484. The van der Waals surface area contributed by atoms with Crippen LogP contribution in [0.4, 0.5) is 5.69 Å². The SMILES string of the molecule is NCc1cc(S(=O)(=O)Nc2cc(Br)ccc2Br)c(Br)o1. The average Bonchev–Trinajstić information content (AvgIpc) is 2.76. The summed E-state index contributed by atoms with van der Waals surface area (Å²) in [5.41, 5.74) is 5.85. The topological polar surface area (TPSA) is 85.3 Å². The molecule has 3 N–H and O–H groups in total. The van der Waals surface area contributed by atoms with Crippen LogP contribution >= 0.6 is 47.8 Å². The summed E-state index contributed by atoms with van der Waals surface area (Å²) in [6.45, 7) is 0.120. The van der Waals surface area contributed by atoms with Gasteiger partial charge in [-0.1, -0.05) is 15.9 Å². The van der Waals surface area contributed by atoms with Gasteiger partial charge in [-0.2, -0.15) is 0 Å². The Morgan fingerprint density at radius 1 is 1.20 bits per heavy atom. The first kappa shape index (κ1) is 16.0. The van der Waals surface area contributed by atoms with Gasteiger partial charge in [-0.25, -0.2) is 8.42 Å². The van der Waals surface area contributed by atoms with Crippen LogP contribution in [0, 0.1) is 0 Å². The van der Waals surface area contributed by atoms with Crippen molar-refractivity contribution in [1.29, 1.82) is 0 Å². The van der Waals surface area contributed by atoms with E-state index < -0.39 is 10.0 Å². The van der Waals surface area contributed by atoms with E-state index in [9.17, 15) is 8.42 Å². The van der Waals surface area contributed by atoms with Crippen LogP contribution in [0.25, 0.3) is 0 Å². The largest absolute Gasteiger partial charge is 0.452 e. The molecule has 0 aliphatic heterocycles. The summed E-state index contributed by atoms with van der Waals surface area (Å²) in [5.74, 6) is 0.380. The molecule has 2 aromatic rings. The third kappa shape index (κ3) is 3.45. The number of halogens is 3. The number of sulfonamides is 1. The molecule has 0 fully saturated rings. The highest BCUT2D eigenvalue weighted by molar-refractivity contribution is 9.11. The third-order valence-electron chi connectivity index (χ3n) is 2.37. The maximum atomic E-state index is 12.3. The Balaban J connectivity index is 2.40. The number of rotatable bonds is 4. The molecule has 0 unspecified atom stereocenters. The molecule has 1 aromatic carbocycles. The standard InChI is InChI=1S/C11H9Br3N2O3S/c12-6-1-2-8(13)9(3-6)16-20(17,18)10-4-7(5-15)19-11(10)14/h1-4,16H,5,15H2. The number of nitrogens with two attached hydrogens (primary N) is 1. The lowest BCUT2D eigenvalue weighted by Gasteiger charge is -2.09. The van der Waals surface area contributed by atoms with E-state index in [0.29, 0.717) is 15.9 Å². The van der Waals surface area contributed by atoms with Crippen molar-refractivity contribution < 1.29 is 12.8 Å². The van der Waals surface area contributed by atoms with Gasteiger partial charge in [0.25, 0.3) is 10.0 Å². The molecule has 20 heavy (non-hydrogen) atoms. The zero-order chi connectivity index (χ0) is 14.9. The van der Waals surface area contributed by atoms with Crippen LogP contribution in [0.1, 0.15) is 5.76 Å². The van der Waals surface area contributed by atoms with Crippen LogP contribution in [0.15, 0.2) is 47.2 Å². The molecule has 9 heteroatoms. The summed E-state index contributed by atoms with van der Waals surface area (Å²) in [6.07, 6.45) is 0. The first-order valence-electron chi connectivity index (χ1n) is 5.29. The monoisotopic (exact) mass is 486 g/mol. The van der Waals surface area contributed by atoms with Crippen LogP contribution < -0.4 is 10.5 Å². The minimum Gasteiger partial charge on any atom is -0.452 e. The number of hydrogen-bond donors (Lipinski definition) is 2. The van der Waals surface area contributed by atoms with E-state index in [1.807, 2.05) is 0 Å². The normalized spacial score (nSPS) is 11.6. The van der Waals surface area contributed by atoms with Crippen molar-refractivity contribution in [2.24, 2.45) is 5.73 Å². The van der Waals surface area contributed by atoms with Crippen LogP contribution in [0.3, 0.4) is 0 Å². The molecule has 108 valence electrons. The number of benzene rings is 1. The molecule has 0 saturated heterocycles. The molecule has 0 bridgehead atoms. The van der Waals surface area contributed by atoms with Gasteiger partial charge in [0, 0.05) is 15.0 Å². The van der Waals surface area contributed by atoms with E-state index in [4.69, 9.17) is 10.2 Å². The lowest BCUT2D eigenvalue weighted by Crippen LogP contribution is -2.13. The van der Waals surface area contributed by atoms with Gasteiger partial charge in [-0.05, 0) is 50.1 Å². The van der Waals surface area contributed by atoms with Crippen LogP contribution in [-0.4, -0.2) is 8.42 Å². The lowest BCUT2D eigenvalue weighted by atomic mass is 10.3. The summed E-state index contributed by atoms with van der Waals surface area (Å²) in [6, 6.07) is 6.57. The fourth-order valence-electron chi connectivity index (χ4n) is 1.46. The average molecular weight is 489 g/mol. The molecule has 0 amide bonds. The summed E-state index contributed by atoms with van der Waals surface area (Å²) in [5, 5.41) is 0. The van der Waals surface area contributed by atoms with E-state index in [1.54, 1.807) is 18.2 Å². The summed E-state index contributed by atoms with van der Waals surface area (Å²) in [4.78, 5) is 0.00447. The Hall–Kier alpha value is -0.350. The predicted molar refractivity (Wildman–Crippen MR) is 86.9 cm³/mol. The van der Waals surface area contributed by atoms with Gasteiger partial charge in [0.1, 0.15) is 10.7 Å². The quantitative estimate of drug-likeness (QED) is 0.685. The van der Waals surface area contributed by atoms with Crippen LogP contribution in [0.2, 0.25) is 0 Å². The highest BCUT2D eigenvalue weighted by Crippen LogP contribution is 2.31. The summed E-state index contributed by atoms with van der Waals surface area (Å²) >= 11 is 9.66. The smallest absolute Gasteiger partial charge is 0.266 e. The molecule has 0 aliphatic rings. The minimum absolute atomic E-state index is 0.00447. The van der Waals surface area contributed by atoms with Gasteiger partial charge in [-0.3, -0.25) is 4.72 Å². The van der Waals surface area contributed by atoms with Crippen molar-refractivity contribution in [1.82, 2.24) is 0 Å². The van der Waals surface area contributed by atoms with E-state index >= 15 is 0 Å². The van der Waals surface area contributed by atoms with E-state index in [-0.39, 0.29) is 16.1 Å². The van der Waals surface area contributed by atoms with Crippen molar-refractivity contribution in [3.8, 4) is 0 Å². The molecule has 2 rings (SSSR count). The third-order valence-corrected chi connectivity index (χ3v) is 5.78. The molecule has 5 nitrogen and oxygen atoms in total. The van der Waals surface area contributed by atoms with Gasteiger partial charge >= 0.3 is 0 Å². The zero-order valence-electron chi connectivity index (χ0n) is 9.86. The molecule has 1 aromatic heterocycles. The van der Waals surface area contributed by atoms with Crippen LogP contribution in [-0.2, 0) is 16.6 Å². The van der Waals surface area contributed by atoms with Gasteiger partial charge in [0.15, 0.2) is 4.67 Å². The molecule has 0 saturated carbocycles. The van der Waals surface area contributed by atoms with E-state index in [1.165, 1.54) is 6.07 Å². The Kier molecular flexibility index (Phi) is 4.96. The van der Waals surface area contributed by atoms with Gasteiger partial charge in [-0.15, -0.1) is 0 Å². The molecular weight excluding hydrogens is 480 g/mol. The first-order valence-corrected chi connectivity index (χ1v) is 9.16. The van der Waals surface area contributed by atoms with Gasteiger partial charge in [0.05, 0.1) is 12.2 Å². The maximum Gasteiger partial charge on any atom is 0.266 e. The fourth-order valence-corrected chi connectivity index (χ4v) is 4.36. The van der Waals surface area contributed by atoms with Crippen molar-refractivity contribution in [3.05, 3.63) is 43.6 Å². The maximum absolute atomic E-state index is 12.3. The summed E-state index contributed by atoms with van der Waals surface area (Å²) < 4.78 is 33.9. The zero-order valence-corrected chi connectivity index (χ0v) is 15.4. The second kappa shape index (κ2) is 6.18. The van der Waals surface area contributed by atoms with E-state index in [2.05, 4.69) is 52.5 Å². The fraction of sp³-hybridized carbons (Fsp3) is 0.0909. The highest BCUT2D eigenvalue weighted by Gasteiger charge is 2.23. The molecule has 0 aliphatic carbocycles. The van der Waals surface area contributed by atoms with Crippen LogP contribution in [0.5, 0.6) is 0 Å². The van der Waals surface area contributed by atoms with Gasteiger partial charge in [0.2, 0.25) is 0 Å². The van der Waals surface area contributed by atoms with Crippen molar-refractivity contribution in [2.45, 2.75) is 11.4 Å². The molecule has 0 radical (unpaired) electrons. The summed E-state index contributed by atoms with van der Waals surface area (Å²) in [7, 11) is -3.77. The Bertz CT molecular complexity index is 743. The molecular formula is C11H9Br3N2O3S. The molecule has 0 spiro atoms. The second-order valence-electron chi connectivity index (χ2n) is 3.78. The minimum atomic E-state index is -3.77. The molecule has 0 atom stereocenters. The number of nitrogens with one attached hydrogen (secondary N) is 1. The molecule has 1 heterocycles. The number of hydrogen-bond acceptors (Lipinski definition) is 4. The highest BCUT2D eigenvalue weighted by atomic mass is 79.9. The van der Waals surface area contributed by atoms with Crippen molar-refractivity contribution in [3.63, 3.8) is 0 Å². The predicted octanol–water partition coefficient (Wildman–Crippen LogP) is 3.83. The Morgan fingerprint density at radius 2 is 1.90 bits per heavy atom. The van der Waals surface area contributed by atoms with Gasteiger partial charge < -0.3 is 10.2 Å². The van der Waals surface area contributed by atoms with E-state index in [0.717, 1.165) is 4.47 Å². The number of anilines is 1.